The fourth-order valence-electron chi connectivity index (χ4n) is 2.56. The van der Waals surface area contributed by atoms with E-state index in [1.807, 2.05) is 56.3 Å². The minimum absolute atomic E-state index is 0.0811. The summed E-state index contributed by atoms with van der Waals surface area (Å²) in [5.41, 5.74) is 4.49. The average molecular weight is 351 g/mol. The van der Waals surface area contributed by atoms with Gasteiger partial charge in [-0.15, -0.1) is 5.10 Å². The van der Waals surface area contributed by atoms with E-state index < -0.39 is 0 Å². The number of carbonyl (C=O) groups excluding carboxylic acids is 1. The molecule has 4 nitrogen and oxygen atoms in total. The van der Waals surface area contributed by atoms with Gasteiger partial charge >= 0.3 is 0 Å². The first kappa shape index (κ1) is 17.4. The molecule has 1 unspecified atom stereocenters. The summed E-state index contributed by atoms with van der Waals surface area (Å²) in [6.45, 7) is 6.54. The van der Waals surface area contributed by atoms with E-state index >= 15 is 0 Å². The maximum Gasteiger partial charge on any atom is 0.242 e. The van der Waals surface area contributed by atoms with Crippen LogP contribution >= 0.6 is 11.8 Å². The van der Waals surface area contributed by atoms with E-state index in [0.29, 0.717) is 11.7 Å². The number of aryl methyl sites for hydroxylation is 2. The van der Waals surface area contributed by atoms with Gasteiger partial charge in [0.25, 0.3) is 0 Å². The van der Waals surface area contributed by atoms with Crippen molar-refractivity contribution >= 4 is 29.1 Å². The number of amidine groups is 1. The topological polar surface area (TPSA) is 45.0 Å². The quantitative estimate of drug-likeness (QED) is 0.613. The van der Waals surface area contributed by atoms with Crippen molar-refractivity contribution in [2.24, 2.45) is 10.2 Å². The minimum atomic E-state index is -0.127. The molecule has 1 aliphatic heterocycles. The van der Waals surface area contributed by atoms with Gasteiger partial charge in [0.15, 0.2) is 5.17 Å². The molecular formula is C20H21N3OS. The van der Waals surface area contributed by atoms with Gasteiger partial charge in [-0.25, -0.2) is 0 Å². The molecule has 2 aromatic rings. The van der Waals surface area contributed by atoms with E-state index in [2.05, 4.69) is 23.2 Å². The van der Waals surface area contributed by atoms with Crippen molar-refractivity contribution in [3.63, 3.8) is 0 Å². The van der Waals surface area contributed by atoms with Crippen molar-refractivity contribution in [1.29, 1.82) is 0 Å². The SMILES string of the molecule is Cc1ccc(/C=N/N=C2/SC(C)C(=O)N2Cc2ccccc2C)cc1. The van der Waals surface area contributed by atoms with Crippen LogP contribution in [0.2, 0.25) is 0 Å². The Kier molecular flexibility index (Phi) is 5.34. The summed E-state index contributed by atoms with van der Waals surface area (Å²) in [7, 11) is 0. The lowest BCUT2D eigenvalue weighted by molar-refractivity contribution is -0.126. The molecule has 0 aliphatic carbocycles. The van der Waals surface area contributed by atoms with Crippen LogP contribution in [0.1, 0.15) is 29.2 Å². The van der Waals surface area contributed by atoms with E-state index in [4.69, 9.17) is 0 Å². The molecule has 3 rings (SSSR count). The second-order valence-corrected chi connectivity index (χ2v) is 7.46. The largest absolute Gasteiger partial charge is 0.284 e. The summed E-state index contributed by atoms with van der Waals surface area (Å²) >= 11 is 1.46. The number of thioether (sulfide) groups is 1. The molecule has 128 valence electrons. The Morgan fingerprint density at radius 3 is 2.56 bits per heavy atom. The zero-order valence-corrected chi connectivity index (χ0v) is 15.5. The first-order chi connectivity index (χ1) is 12.0. The summed E-state index contributed by atoms with van der Waals surface area (Å²) in [5, 5.41) is 9.02. The molecule has 0 radical (unpaired) electrons. The molecule has 1 atom stereocenters. The van der Waals surface area contributed by atoms with Crippen LogP contribution in [0.25, 0.3) is 0 Å². The number of carbonyl (C=O) groups is 1. The molecule has 0 bridgehead atoms. The lowest BCUT2D eigenvalue weighted by atomic mass is 10.1. The highest BCUT2D eigenvalue weighted by atomic mass is 32.2. The van der Waals surface area contributed by atoms with Crippen LogP contribution in [0.5, 0.6) is 0 Å². The van der Waals surface area contributed by atoms with E-state index in [1.165, 1.54) is 22.9 Å². The maximum absolute atomic E-state index is 12.5. The second kappa shape index (κ2) is 7.66. The van der Waals surface area contributed by atoms with Gasteiger partial charge in [-0.05, 0) is 37.5 Å². The Balaban J connectivity index is 1.79. The molecular weight excluding hydrogens is 330 g/mol. The predicted molar refractivity (Wildman–Crippen MR) is 105 cm³/mol. The van der Waals surface area contributed by atoms with Gasteiger partial charge in [0.05, 0.1) is 18.0 Å². The van der Waals surface area contributed by atoms with Crippen molar-refractivity contribution < 1.29 is 4.79 Å². The number of amides is 1. The first-order valence-corrected chi connectivity index (χ1v) is 9.13. The van der Waals surface area contributed by atoms with Crippen LogP contribution in [-0.4, -0.2) is 27.4 Å². The van der Waals surface area contributed by atoms with E-state index in [9.17, 15) is 4.79 Å². The fraction of sp³-hybridized carbons (Fsp3) is 0.250. The van der Waals surface area contributed by atoms with E-state index in [0.717, 1.165) is 11.1 Å². The average Bonchev–Trinajstić information content (AvgIpc) is 2.86. The van der Waals surface area contributed by atoms with E-state index in [1.54, 1.807) is 11.1 Å². The Morgan fingerprint density at radius 1 is 1.12 bits per heavy atom. The van der Waals surface area contributed by atoms with Crippen LogP contribution in [-0.2, 0) is 11.3 Å². The highest BCUT2D eigenvalue weighted by Gasteiger charge is 2.35. The van der Waals surface area contributed by atoms with Crippen LogP contribution in [0, 0.1) is 13.8 Å². The molecule has 1 aliphatic rings. The van der Waals surface area contributed by atoms with Crippen molar-refractivity contribution in [2.45, 2.75) is 32.6 Å². The number of nitrogens with zero attached hydrogens (tertiary/aromatic N) is 3. The third-order valence-corrected chi connectivity index (χ3v) is 5.21. The second-order valence-electron chi connectivity index (χ2n) is 6.15. The lowest BCUT2D eigenvalue weighted by Gasteiger charge is -2.16. The van der Waals surface area contributed by atoms with Gasteiger partial charge in [0, 0.05) is 0 Å². The molecule has 1 fully saturated rings. The molecule has 0 spiro atoms. The number of hydrogen-bond acceptors (Lipinski definition) is 4. The number of rotatable bonds is 4. The molecule has 0 N–H and O–H groups in total. The van der Waals surface area contributed by atoms with Crippen molar-refractivity contribution in [3.8, 4) is 0 Å². The van der Waals surface area contributed by atoms with E-state index in [-0.39, 0.29) is 11.2 Å². The Morgan fingerprint density at radius 2 is 1.84 bits per heavy atom. The Labute approximate surface area is 152 Å². The zero-order valence-electron chi connectivity index (χ0n) is 14.6. The molecule has 1 saturated heterocycles. The van der Waals surface area contributed by atoms with Crippen molar-refractivity contribution in [2.75, 3.05) is 0 Å². The summed E-state index contributed by atoms with van der Waals surface area (Å²) in [6.07, 6.45) is 1.71. The van der Waals surface area contributed by atoms with Gasteiger partial charge in [-0.1, -0.05) is 65.9 Å². The smallest absolute Gasteiger partial charge is 0.242 e. The summed E-state index contributed by atoms with van der Waals surface area (Å²) in [4.78, 5) is 14.2. The van der Waals surface area contributed by atoms with Gasteiger partial charge in [0.2, 0.25) is 5.91 Å². The van der Waals surface area contributed by atoms with Gasteiger partial charge in [-0.2, -0.15) is 5.10 Å². The van der Waals surface area contributed by atoms with Crippen LogP contribution in [0.3, 0.4) is 0 Å². The fourth-order valence-corrected chi connectivity index (χ4v) is 3.48. The highest BCUT2D eigenvalue weighted by Crippen LogP contribution is 2.29. The standard InChI is InChI=1S/C20H21N3OS/c1-14-8-10-17(11-9-14)12-21-22-20-23(19(24)16(3)25-20)13-18-7-5-4-6-15(18)2/h4-12,16H,13H2,1-3H3/b21-12+,22-20+. The van der Waals surface area contributed by atoms with Crippen LogP contribution in [0.4, 0.5) is 0 Å². The van der Waals surface area contributed by atoms with Gasteiger partial charge in [0.1, 0.15) is 0 Å². The molecule has 5 heteroatoms. The Hall–Kier alpha value is -2.40. The van der Waals surface area contributed by atoms with Crippen molar-refractivity contribution in [3.05, 3.63) is 70.8 Å². The first-order valence-electron chi connectivity index (χ1n) is 8.25. The Bertz CT molecular complexity index is 827. The summed E-state index contributed by atoms with van der Waals surface area (Å²) in [6, 6.07) is 16.2. The third kappa shape index (κ3) is 4.17. The zero-order chi connectivity index (χ0) is 17.8. The minimum Gasteiger partial charge on any atom is -0.284 e. The predicted octanol–water partition coefficient (Wildman–Crippen LogP) is 4.16. The number of hydrogen-bond donors (Lipinski definition) is 0. The molecule has 1 heterocycles. The monoisotopic (exact) mass is 351 g/mol. The van der Waals surface area contributed by atoms with Crippen LogP contribution < -0.4 is 0 Å². The molecule has 25 heavy (non-hydrogen) atoms. The molecule has 2 aromatic carbocycles. The van der Waals surface area contributed by atoms with Crippen LogP contribution in [0.15, 0.2) is 58.7 Å². The third-order valence-electron chi connectivity index (χ3n) is 4.14. The van der Waals surface area contributed by atoms with Gasteiger partial charge in [-0.3, -0.25) is 9.69 Å². The molecule has 1 amide bonds. The molecule has 0 aromatic heterocycles. The highest BCUT2D eigenvalue weighted by molar-refractivity contribution is 8.15. The summed E-state index contributed by atoms with van der Waals surface area (Å²) < 4.78 is 0. The lowest BCUT2D eigenvalue weighted by Crippen LogP contribution is -2.31. The van der Waals surface area contributed by atoms with Gasteiger partial charge < -0.3 is 0 Å². The molecule has 0 saturated carbocycles. The number of benzene rings is 2. The summed E-state index contributed by atoms with van der Waals surface area (Å²) in [5.74, 6) is 0.0811. The van der Waals surface area contributed by atoms with Crippen molar-refractivity contribution in [1.82, 2.24) is 4.90 Å². The maximum atomic E-state index is 12.5. The normalized spacial score (nSPS) is 19.3.